The Morgan fingerprint density at radius 1 is 1.11 bits per heavy atom. The van der Waals surface area contributed by atoms with Crippen molar-refractivity contribution in [2.24, 2.45) is 0 Å². The van der Waals surface area contributed by atoms with Crippen LogP contribution in [0.15, 0.2) is 42.7 Å². The van der Waals surface area contributed by atoms with Gasteiger partial charge in [0.2, 0.25) is 5.91 Å². The van der Waals surface area contributed by atoms with E-state index in [-0.39, 0.29) is 11.9 Å². The van der Waals surface area contributed by atoms with Crippen LogP contribution in [0.2, 0.25) is 10.0 Å². The number of pyridine rings is 1. The highest BCUT2D eigenvalue weighted by molar-refractivity contribution is 6.33. The van der Waals surface area contributed by atoms with Gasteiger partial charge < -0.3 is 9.64 Å². The summed E-state index contributed by atoms with van der Waals surface area (Å²) >= 11 is 13.3. The van der Waals surface area contributed by atoms with Gasteiger partial charge in [-0.3, -0.25) is 19.4 Å². The van der Waals surface area contributed by atoms with Crippen LogP contribution in [0.25, 0.3) is 22.6 Å². The molecule has 0 saturated heterocycles. The molecule has 4 aromatic rings. The molecule has 196 valence electrons. The molecule has 0 unspecified atom stereocenters. The minimum absolute atomic E-state index is 0.0326. The van der Waals surface area contributed by atoms with E-state index in [2.05, 4.69) is 15.0 Å². The van der Waals surface area contributed by atoms with Gasteiger partial charge in [0.1, 0.15) is 35.2 Å². The minimum atomic E-state index is 0.0326. The molecule has 1 amide bonds. The second kappa shape index (κ2) is 9.63. The largest absolute Gasteiger partial charge is 0.489 e. The molecule has 1 aromatic carbocycles. The van der Waals surface area contributed by atoms with Gasteiger partial charge in [-0.15, -0.1) is 0 Å². The molecule has 0 atom stereocenters. The number of ether oxygens (including phenoxy) is 1. The lowest BCUT2D eigenvalue weighted by Gasteiger charge is -2.29. The molecule has 38 heavy (non-hydrogen) atoms. The third-order valence-corrected chi connectivity index (χ3v) is 7.53. The fourth-order valence-corrected chi connectivity index (χ4v) is 5.58. The van der Waals surface area contributed by atoms with Crippen molar-refractivity contribution in [3.05, 3.63) is 58.3 Å². The van der Waals surface area contributed by atoms with E-state index in [1.54, 1.807) is 17.3 Å². The van der Waals surface area contributed by atoms with E-state index in [1.807, 2.05) is 60.6 Å². The number of aromatic nitrogens is 5. The van der Waals surface area contributed by atoms with E-state index in [0.29, 0.717) is 41.9 Å². The van der Waals surface area contributed by atoms with Gasteiger partial charge in [0.15, 0.2) is 0 Å². The third-order valence-electron chi connectivity index (χ3n) is 6.94. The Morgan fingerprint density at radius 3 is 2.74 bits per heavy atom. The molecule has 0 aliphatic carbocycles. The number of nitrogens with zero attached hydrogens (tertiary/aromatic N) is 7. The van der Waals surface area contributed by atoms with Crippen LogP contribution in [0.3, 0.4) is 0 Å². The van der Waals surface area contributed by atoms with Crippen molar-refractivity contribution in [3.63, 3.8) is 0 Å². The number of carbonyl (C=O) groups is 1. The molecule has 0 fully saturated rings. The summed E-state index contributed by atoms with van der Waals surface area (Å²) in [6.45, 7) is 6.36. The summed E-state index contributed by atoms with van der Waals surface area (Å²) in [4.78, 5) is 21.5. The smallest absolute Gasteiger partial charge is 0.230 e. The molecule has 9 nitrogen and oxygen atoms in total. The van der Waals surface area contributed by atoms with E-state index < -0.39 is 0 Å². The molecule has 6 rings (SSSR count). The summed E-state index contributed by atoms with van der Waals surface area (Å²) < 4.78 is 9.54. The lowest BCUT2D eigenvalue weighted by molar-refractivity contribution is -0.119. The number of anilines is 2. The van der Waals surface area contributed by atoms with Crippen molar-refractivity contribution in [3.8, 4) is 28.4 Å². The maximum Gasteiger partial charge on any atom is 0.230 e. The second-order valence-corrected chi connectivity index (χ2v) is 10.6. The Bertz CT molecular complexity index is 1540. The van der Waals surface area contributed by atoms with Gasteiger partial charge in [0.25, 0.3) is 0 Å². The highest BCUT2D eigenvalue weighted by Crippen LogP contribution is 2.41. The number of rotatable bonds is 5. The number of carbonyl (C=O) groups excluding carboxylic acids is 1. The summed E-state index contributed by atoms with van der Waals surface area (Å²) in [7, 11) is 2.02. The van der Waals surface area contributed by atoms with Crippen LogP contribution in [0.5, 0.6) is 5.75 Å². The van der Waals surface area contributed by atoms with Gasteiger partial charge in [0.05, 0.1) is 41.6 Å². The molecular weight excluding hydrogens is 525 g/mol. The van der Waals surface area contributed by atoms with Crippen molar-refractivity contribution in [2.45, 2.75) is 39.4 Å². The van der Waals surface area contributed by atoms with Crippen molar-refractivity contribution >= 4 is 40.6 Å². The number of halogens is 2. The normalized spacial score (nSPS) is 15.1. The molecule has 0 saturated carbocycles. The van der Waals surface area contributed by atoms with Crippen molar-refractivity contribution in [1.82, 2.24) is 24.5 Å². The summed E-state index contributed by atoms with van der Waals surface area (Å²) in [6.07, 6.45) is 3.73. The van der Waals surface area contributed by atoms with Crippen LogP contribution in [-0.4, -0.2) is 50.7 Å². The Hall–Kier alpha value is -3.56. The number of hydrogen-bond acceptors (Lipinski definition) is 6. The summed E-state index contributed by atoms with van der Waals surface area (Å²) in [5, 5.41) is 10.3. The van der Waals surface area contributed by atoms with E-state index >= 15 is 0 Å². The van der Waals surface area contributed by atoms with Crippen LogP contribution < -0.4 is 14.5 Å². The Balaban J connectivity index is 1.32. The highest BCUT2D eigenvalue weighted by Gasteiger charge is 2.29. The van der Waals surface area contributed by atoms with E-state index in [1.165, 1.54) is 0 Å². The molecule has 0 bridgehead atoms. The van der Waals surface area contributed by atoms with Crippen molar-refractivity contribution in [1.29, 1.82) is 0 Å². The Morgan fingerprint density at radius 2 is 1.95 bits per heavy atom. The van der Waals surface area contributed by atoms with E-state index in [9.17, 15) is 4.79 Å². The van der Waals surface area contributed by atoms with Gasteiger partial charge in [0, 0.05) is 43.4 Å². The first-order valence-electron chi connectivity index (χ1n) is 12.5. The lowest BCUT2D eigenvalue weighted by atomic mass is 10.0. The molecule has 0 spiro atoms. The molecule has 5 heterocycles. The number of aryl methyl sites for hydroxylation is 1. The predicted octanol–water partition coefficient (Wildman–Crippen LogP) is 5.46. The van der Waals surface area contributed by atoms with Gasteiger partial charge in [-0.1, -0.05) is 35.3 Å². The molecule has 2 aliphatic rings. The Labute approximate surface area is 230 Å². The summed E-state index contributed by atoms with van der Waals surface area (Å²) in [5.41, 5.74) is 4.86. The maximum atomic E-state index is 13.0. The standard InChI is InChI=1S/C27H27Cl2N7O2/c1-16(2)36-26(20(29)14-31-36)21-13-23-34(24(37)7-9-35(23)32-21)15-17-4-5-18(19(28)12-17)25-27-22(6-8-30-25)38-11-10-33(27)3/h4-6,8,12-14,16H,7,9-11,15H2,1-3H3. The van der Waals surface area contributed by atoms with Crippen molar-refractivity contribution in [2.75, 3.05) is 30.0 Å². The van der Waals surface area contributed by atoms with Crippen molar-refractivity contribution < 1.29 is 9.53 Å². The topological polar surface area (TPSA) is 81.3 Å². The van der Waals surface area contributed by atoms with Crippen LogP contribution in [0.1, 0.15) is 31.9 Å². The lowest BCUT2D eigenvalue weighted by Crippen LogP contribution is -2.36. The number of likely N-dealkylation sites (N-methyl/N-ethyl adjacent to an activating group) is 1. The predicted molar refractivity (Wildman–Crippen MR) is 148 cm³/mol. The number of amides is 1. The fraction of sp³-hybridized carbons (Fsp3) is 0.333. The fourth-order valence-electron chi connectivity index (χ4n) is 5.07. The van der Waals surface area contributed by atoms with Gasteiger partial charge >= 0.3 is 0 Å². The first kappa shape index (κ1) is 24.8. The maximum absolute atomic E-state index is 13.0. The van der Waals surface area contributed by atoms with Gasteiger partial charge in [-0.25, -0.2) is 4.68 Å². The molecule has 11 heteroatoms. The summed E-state index contributed by atoms with van der Waals surface area (Å²) in [6, 6.07) is 9.74. The third kappa shape index (κ3) is 4.19. The summed E-state index contributed by atoms with van der Waals surface area (Å²) in [5.74, 6) is 1.55. The molecule has 0 N–H and O–H groups in total. The molecule has 0 radical (unpaired) electrons. The zero-order chi connectivity index (χ0) is 26.6. The first-order valence-corrected chi connectivity index (χ1v) is 13.3. The quantitative estimate of drug-likeness (QED) is 0.327. The zero-order valence-electron chi connectivity index (χ0n) is 21.4. The van der Waals surface area contributed by atoms with Crippen LogP contribution in [0, 0.1) is 0 Å². The average molecular weight is 552 g/mol. The number of benzene rings is 1. The van der Waals surface area contributed by atoms with Gasteiger partial charge in [-0.2, -0.15) is 10.2 Å². The monoisotopic (exact) mass is 551 g/mol. The number of hydrogen-bond donors (Lipinski definition) is 0. The second-order valence-electron chi connectivity index (χ2n) is 9.81. The Kier molecular flexibility index (Phi) is 6.28. The van der Waals surface area contributed by atoms with E-state index in [4.69, 9.17) is 33.0 Å². The minimum Gasteiger partial charge on any atom is -0.489 e. The van der Waals surface area contributed by atoms with Crippen LogP contribution in [0.4, 0.5) is 11.5 Å². The molecule has 3 aromatic heterocycles. The molecular formula is C27H27Cl2N7O2. The highest BCUT2D eigenvalue weighted by atomic mass is 35.5. The zero-order valence-corrected chi connectivity index (χ0v) is 22.9. The SMILES string of the molecule is CC(C)n1ncc(Cl)c1-c1cc2n(n1)CCC(=O)N2Cc1ccc(-c2nccc3c2N(C)CCO3)c(Cl)c1. The first-order chi connectivity index (χ1) is 18.3. The molecule has 2 aliphatic heterocycles. The van der Waals surface area contributed by atoms with E-state index in [0.717, 1.165) is 46.3 Å². The average Bonchev–Trinajstić information content (AvgIpc) is 3.49. The number of fused-ring (bicyclic) bond motifs is 2. The van der Waals surface area contributed by atoms with Crippen LogP contribution in [-0.2, 0) is 17.9 Å². The van der Waals surface area contributed by atoms with Crippen LogP contribution >= 0.6 is 23.2 Å². The van der Waals surface area contributed by atoms with Gasteiger partial charge in [-0.05, 0) is 25.5 Å².